The van der Waals surface area contributed by atoms with Crippen molar-refractivity contribution in [2.75, 3.05) is 33.7 Å². The van der Waals surface area contributed by atoms with Crippen LogP contribution in [-0.2, 0) is 4.79 Å². The van der Waals surface area contributed by atoms with Crippen LogP contribution in [0, 0.1) is 0 Å². The molecule has 1 aliphatic heterocycles. The zero-order valence-electron chi connectivity index (χ0n) is 9.16. The lowest BCUT2D eigenvalue weighted by Crippen LogP contribution is -2.59. The molecule has 0 aromatic carbocycles. The minimum atomic E-state index is -0.107. The van der Waals surface area contributed by atoms with Crippen LogP contribution in [-0.4, -0.2) is 61.6 Å². The second-order valence-corrected chi connectivity index (χ2v) is 3.97. The van der Waals surface area contributed by atoms with Gasteiger partial charge in [-0.1, -0.05) is 0 Å². The number of rotatable bonds is 2. The van der Waals surface area contributed by atoms with Crippen molar-refractivity contribution in [3.8, 4) is 0 Å². The number of likely N-dealkylation sites (N-methyl/N-ethyl adjacent to an activating group) is 1. The van der Waals surface area contributed by atoms with Crippen LogP contribution in [0.1, 0.15) is 6.92 Å². The van der Waals surface area contributed by atoms with E-state index in [4.69, 9.17) is 5.73 Å². The van der Waals surface area contributed by atoms with Crippen LogP contribution in [0.2, 0.25) is 0 Å². The third-order valence-corrected chi connectivity index (χ3v) is 2.52. The number of amides is 1. The lowest BCUT2D eigenvalue weighted by atomic mass is 10.2. The largest absolute Gasteiger partial charge is 0.347 e. The minimum Gasteiger partial charge on any atom is -0.347 e. The first-order valence-electron chi connectivity index (χ1n) is 4.96. The van der Waals surface area contributed by atoms with E-state index in [1.807, 2.05) is 6.92 Å². The maximum Gasteiger partial charge on any atom is 0.240 e. The highest BCUT2D eigenvalue weighted by Crippen LogP contribution is 2.03. The third kappa shape index (κ3) is 2.67. The van der Waals surface area contributed by atoms with Gasteiger partial charge >= 0.3 is 0 Å². The van der Waals surface area contributed by atoms with Gasteiger partial charge in [-0.05, 0) is 6.92 Å². The first-order valence-corrected chi connectivity index (χ1v) is 4.96. The van der Waals surface area contributed by atoms with Gasteiger partial charge in [-0.15, -0.1) is 0 Å². The van der Waals surface area contributed by atoms with Crippen molar-refractivity contribution >= 4 is 5.91 Å². The second-order valence-electron chi connectivity index (χ2n) is 3.97. The molecule has 5 nitrogen and oxygen atoms in total. The quantitative estimate of drug-likeness (QED) is 0.579. The molecule has 0 aromatic heterocycles. The molecule has 1 rings (SSSR count). The van der Waals surface area contributed by atoms with E-state index in [0.717, 1.165) is 13.1 Å². The van der Waals surface area contributed by atoms with Gasteiger partial charge in [0.15, 0.2) is 0 Å². The Morgan fingerprint density at radius 1 is 1.64 bits per heavy atom. The van der Waals surface area contributed by atoms with E-state index in [9.17, 15) is 4.79 Å². The first kappa shape index (κ1) is 11.4. The average molecular weight is 200 g/mol. The fourth-order valence-corrected chi connectivity index (χ4v) is 1.62. The highest BCUT2D eigenvalue weighted by molar-refractivity contribution is 5.81. The third-order valence-electron chi connectivity index (χ3n) is 2.52. The smallest absolute Gasteiger partial charge is 0.240 e. The molecular formula is C9H20N4O. The Hall–Kier alpha value is -0.650. The van der Waals surface area contributed by atoms with Gasteiger partial charge in [0, 0.05) is 33.7 Å². The predicted molar refractivity (Wildman–Crippen MR) is 55.7 cm³/mol. The molecule has 1 unspecified atom stereocenters. The maximum absolute atomic E-state index is 11.7. The van der Waals surface area contributed by atoms with E-state index in [1.165, 1.54) is 0 Å². The van der Waals surface area contributed by atoms with Crippen molar-refractivity contribution in [1.29, 1.82) is 0 Å². The Morgan fingerprint density at radius 2 is 2.29 bits per heavy atom. The van der Waals surface area contributed by atoms with Crippen LogP contribution < -0.4 is 11.1 Å². The van der Waals surface area contributed by atoms with Crippen molar-refractivity contribution < 1.29 is 4.79 Å². The molecule has 5 heteroatoms. The Balaban J connectivity index is 2.51. The molecule has 3 N–H and O–H groups in total. The second kappa shape index (κ2) is 4.72. The number of carbonyl (C=O) groups excluding carboxylic acids is 1. The van der Waals surface area contributed by atoms with Gasteiger partial charge < -0.3 is 16.0 Å². The zero-order chi connectivity index (χ0) is 10.7. The fourth-order valence-electron chi connectivity index (χ4n) is 1.62. The van der Waals surface area contributed by atoms with E-state index in [0.29, 0.717) is 6.54 Å². The molecule has 14 heavy (non-hydrogen) atoms. The number of nitrogens with one attached hydrogen (secondary N) is 1. The Morgan fingerprint density at radius 3 is 2.79 bits per heavy atom. The summed E-state index contributed by atoms with van der Waals surface area (Å²) in [5, 5.41) is 3.20. The van der Waals surface area contributed by atoms with Crippen LogP contribution in [0.4, 0.5) is 0 Å². The van der Waals surface area contributed by atoms with Crippen LogP contribution in [0.15, 0.2) is 0 Å². The molecule has 0 spiro atoms. The van der Waals surface area contributed by atoms with E-state index in [1.54, 1.807) is 19.0 Å². The van der Waals surface area contributed by atoms with Gasteiger partial charge in [-0.25, -0.2) is 0 Å². The van der Waals surface area contributed by atoms with Gasteiger partial charge in [0.1, 0.15) is 0 Å². The number of hydrogen-bond acceptors (Lipinski definition) is 4. The standard InChI is InChI=1S/C9H20N4O/c1-7(10)13-5-4-11-8(6-13)9(14)12(2)3/h7-8,11H,4-6,10H2,1-3H3/t7?,8-/m1/s1. The highest BCUT2D eigenvalue weighted by Gasteiger charge is 2.27. The average Bonchev–Trinajstić information content (AvgIpc) is 2.16. The SMILES string of the molecule is CC(N)N1CCN[C@@H](C(=O)N(C)C)C1. The molecular weight excluding hydrogens is 180 g/mol. The summed E-state index contributed by atoms with van der Waals surface area (Å²) in [6.07, 6.45) is 0.0227. The number of piperazine rings is 1. The summed E-state index contributed by atoms with van der Waals surface area (Å²) in [5.41, 5.74) is 5.78. The molecule has 2 atom stereocenters. The Labute approximate surface area is 85.2 Å². The van der Waals surface area contributed by atoms with Gasteiger partial charge in [-0.3, -0.25) is 9.69 Å². The summed E-state index contributed by atoms with van der Waals surface area (Å²) in [5.74, 6) is 0.121. The topological polar surface area (TPSA) is 61.6 Å². The van der Waals surface area contributed by atoms with Crippen molar-refractivity contribution in [2.45, 2.75) is 19.1 Å². The summed E-state index contributed by atoms with van der Waals surface area (Å²) < 4.78 is 0. The normalized spacial score (nSPS) is 25.9. The first-order chi connectivity index (χ1) is 6.52. The van der Waals surface area contributed by atoms with Gasteiger partial charge in [-0.2, -0.15) is 0 Å². The minimum absolute atomic E-state index is 0.0227. The van der Waals surface area contributed by atoms with Crippen LogP contribution in [0.3, 0.4) is 0 Å². The van der Waals surface area contributed by atoms with E-state index in [-0.39, 0.29) is 18.1 Å². The van der Waals surface area contributed by atoms with Gasteiger partial charge in [0.25, 0.3) is 0 Å². The monoisotopic (exact) mass is 200 g/mol. The Bertz CT molecular complexity index is 205. The van der Waals surface area contributed by atoms with E-state index < -0.39 is 0 Å². The molecule has 0 aromatic rings. The molecule has 0 saturated carbocycles. The molecule has 1 saturated heterocycles. The van der Waals surface area contributed by atoms with Crippen LogP contribution in [0.25, 0.3) is 0 Å². The van der Waals surface area contributed by atoms with Crippen LogP contribution >= 0.6 is 0 Å². The molecule has 0 bridgehead atoms. The number of nitrogens with zero attached hydrogens (tertiary/aromatic N) is 2. The number of nitrogens with two attached hydrogens (primary N) is 1. The summed E-state index contributed by atoms with van der Waals surface area (Å²) in [7, 11) is 3.55. The highest BCUT2D eigenvalue weighted by atomic mass is 16.2. The van der Waals surface area contributed by atoms with Crippen LogP contribution in [0.5, 0.6) is 0 Å². The molecule has 1 heterocycles. The molecule has 1 aliphatic rings. The van der Waals surface area contributed by atoms with Crippen molar-refractivity contribution in [3.05, 3.63) is 0 Å². The fraction of sp³-hybridized carbons (Fsp3) is 0.889. The van der Waals surface area contributed by atoms with Crippen molar-refractivity contribution in [3.63, 3.8) is 0 Å². The van der Waals surface area contributed by atoms with Crippen molar-refractivity contribution in [1.82, 2.24) is 15.1 Å². The molecule has 0 radical (unpaired) electrons. The lowest BCUT2D eigenvalue weighted by Gasteiger charge is -2.36. The summed E-state index contributed by atoms with van der Waals surface area (Å²) in [6.45, 7) is 4.39. The predicted octanol–water partition coefficient (Wildman–Crippen LogP) is -1.35. The molecule has 1 fully saturated rings. The molecule has 1 amide bonds. The Kier molecular flexibility index (Phi) is 3.86. The molecule has 82 valence electrons. The zero-order valence-corrected chi connectivity index (χ0v) is 9.16. The van der Waals surface area contributed by atoms with Crippen molar-refractivity contribution in [2.24, 2.45) is 5.73 Å². The number of hydrogen-bond donors (Lipinski definition) is 2. The van der Waals surface area contributed by atoms with E-state index >= 15 is 0 Å². The molecule has 0 aliphatic carbocycles. The summed E-state index contributed by atoms with van der Waals surface area (Å²) >= 11 is 0. The lowest BCUT2D eigenvalue weighted by molar-refractivity contribution is -0.132. The maximum atomic E-state index is 11.7. The summed E-state index contributed by atoms with van der Waals surface area (Å²) in [6, 6.07) is -0.107. The van der Waals surface area contributed by atoms with Gasteiger partial charge in [0.2, 0.25) is 5.91 Å². The summed E-state index contributed by atoms with van der Waals surface area (Å²) in [4.78, 5) is 15.4. The van der Waals surface area contributed by atoms with Gasteiger partial charge in [0.05, 0.1) is 12.2 Å². The van der Waals surface area contributed by atoms with E-state index in [2.05, 4.69) is 10.2 Å². The number of carbonyl (C=O) groups is 1.